The van der Waals surface area contributed by atoms with E-state index in [1.807, 2.05) is 0 Å². The van der Waals surface area contributed by atoms with E-state index in [1.165, 1.54) is 276 Å². The molecule has 1 heterocycles. The summed E-state index contributed by atoms with van der Waals surface area (Å²) in [5.41, 5.74) is 0. The highest BCUT2D eigenvalue weighted by Crippen LogP contribution is 2.24. The molecule has 1 aliphatic rings. The van der Waals surface area contributed by atoms with Crippen LogP contribution in [0.4, 0.5) is 0 Å². The molecule has 9 atom stereocenters. The van der Waals surface area contributed by atoms with Gasteiger partial charge in [0.1, 0.15) is 36.6 Å². The summed E-state index contributed by atoms with van der Waals surface area (Å²) < 4.78 is 11.2. The molecule has 1 amide bonds. The van der Waals surface area contributed by atoms with Crippen LogP contribution in [0.1, 0.15) is 367 Å². The van der Waals surface area contributed by atoms with E-state index in [9.17, 15) is 40.5 Å². The summed E-state index contributed by atoms with van der Waals surface area (Å²) >= 11 is 0. The Labute approximate surface area is 518 Å². The van der Waals surface area contributed by atoms with E-state index in [4.69, 9.17) is 9.47 Å². The zero-order valence-corrected chi connectivity index (χ0v) is 55.2. The fraction of sp³-hybridized carbons (Fsp3) is 0.932. The quantitative estimate of drug-likeness (QED) is 0.0215. The lowest BCUT2D eigenvalue weighted by atomic mass is 9.98. The number of nitrogens with one attached hydrogen (secondary N) is 1. The number of aliphatic hydroxyl groups excluding tert-OH is 7. The van der Waals surface area contributed by atoms with Gasteiger partial charge in [0, 0.05) is 0 Å². The van der Waals surface area contributed by atoms with Crippen molar-refractivity contribution in [2.24, 2.45) is 0 Å². The van der Waals surface area contributed by atoms with Gasteiger partial charge in [0.25, 0.3) is 0 Å². The van der Waals surface area contributed by atoms with Gasteiger partial charge < -0.3 is 50.5 Å². The van der Waals surface area contributed by atoms with E-state index in [2.05, 4.69) is 43.5 Å². The predicted octanol–water partition coefficient (Wildman–Crippen LogP) is 18.0. The van der Waals surface area contributed by atoms with Crippen molar-refractivity contribution in [3.63, 3.8) is 0 Å². The van der Waals surface area contributed by atoms with Gasteiger partial charge in [-0.25, -0.2) is 0 Å². The molecule has 1 aliphatic heterocycles. The monoisotopic (exact) mass is 1190 g/mol. The summed E-state index contributed by atoms with van der Waals surface area (Å²) in [7, 11) is 0. The molecule has 0 spiro atoms. The van der Waals surface area contributed by atoms with Gasteiger partial charge in [-0.1, -0.05) is 346 Å². The number of unbranched alkanes of at least 4 members (excludes halogenated alkanes) is 49. The standard InChI is InChI=1S/C73H141NO10/c1-3-5-7-9-11-13-15-17-19-21-23-25-27-29-31-32-33-34-35-37-38-40-42-44-46-48-50-52-54-56-58-60-65(76)68(78)64(63-83-73-71(81)70(80)69(79)67(62-75)84-73)74-72(82)66(77)61-59-57-55-53-51-49-47-45-43-41-39-36-30-28-26-24-22-20-18-16-14-12-10-8-6-4-2/h24,26,30,36,64-71,73,75-81H,3-23,25,27-29,31-35,37-63H2,1-2H3,(H,74,82)/b26-24-,36-30-. The van der Waals surface area contributed by atoms with Crippen LogP contribution in [-0.4, -0.2) is 110 Å². The fourth-order valence-electron chi connectivity index (χ4n) is 12.1. The zero-order valence-electron chi connectivity index (χ0n) is 55.2. The van der Waals surface area contributed by atoms with E-state index in [-0.39, 0.29) is 6.42 Å². The van der Waals surface area contributed by atoms with Gasteiger partial charge in [0.15, 0.2) is 6.29 Å². The lowest BCUT2D eigenvalue weighted by Gasteiger charge is -2.40. The number of carbonyl (C=O) groups is 1. The molecule has 0 radical (unpaired) electrons. The van der Waals surface area contributed by atoms with Crippen LogP contribution in [0.2, 0.25) is 0 Å². The lowest BCUT2D eigenvalue weighted by Crippen LogP contribution is -2.60. The Morgan fingerprint density at radius 2 is 0.726 bits per heavy atom. The number of ether oxygens (including phenoxy) is 2. The topological polar surface area (TPSA) is 189 Å². The molecule has 0 aromatic rings. The van der Waals surface area contributed by atoms with Crippen molar-refractivity contribution in [2.45, 2.75) is 422 Å². The molecule has 9 unspecified atom stereocenters. The van der Waals surface area contributed by atoms with Crippen LogP contribution in [0.5, 0.6) is 0 Å². The molecule has 0 aliphatic carbocycles. The molecule has 0 bridgehead atoms. The number of allylic oxidation sites excluding steroid dienone is 4. The molecule has 498 valence electrons. The summed E-state index contributed by atoms with van der Waals surface area (Å²) in [4.78, 5) is 13.3. The van der Waals surface area contributed by atoms with Crippen molar-refractivity contribution >= 4 is 5.91 Å². The Morgan fingerprint density at radius 1 is 0.417 bits per heavy atom. The predicted molar refractivity (Wildman–Crippen MR) is 353 cm³/mol. The van der Waals surface area contributed by atoms with Gasteiger partial charge >= 0.3 is 0 Å². The van der Waals surface area contributed by atoms with E-state index >= 15 is 0 Å². The van der Waals surface area contributed by atoms with Crippen molar-refractivity contribution in [1.29, 1.82) is 0 Å². The molecule has 0 aromatic heterocycles. The molecule has 1 rings (SSSR count). The van der Waals surface area contributed by atoms with Gasteiger partial charge in [0.2, 0.25) is 5.91 Å². The van der Waals surface area contributed by atoms with Crippen LogP contribution in [0.3, 0.4) is 0 Å². The van der Waals surface area contributed by atoms with Gasteiger partial charge in [-0.05, 0) is 44.9 Å². The molecule has 0 saturated carbocycles. The van der Waals surface area contributed by atoms with Gasteiger partial charge in [-0.2, -0.15) is 0 Å². The Morgan fingerprint density at radius 3 is 1.06 bits per heavy atom. The minimum atomic E-state index is -1.66. The third-order valence-corrected chi connectivity index (χ3v) is 18.0. The first-order valence-corrected chi connectivity index (χ1v) is 36.7. The number of carbonyl (C=O) groups excluding carboxylic acids is 1. The highest BCUT2D eigenvalue weighted by molar-refractivity contribution is 5.80. The van der Waals surface area contributed by atoms with Crippen LogP contribution in [0.25, 0.3) is 0 Å². The number of rotatable bonds is 65. The van der Waals surface area contributed by atoms with E-state index < -0.39 is 74.2 Å². The van der Waals surface area contributed by atoms with Crippen molar-refractivity contribution in [3.05, 3.63) is 24.3 Å². The Kier molecular flexibility index (Phi) is 59.3. The Hall–Kier alpha value is -1.41. The van der Waals surface area contributed by atoms with Crippen LogP contribution in [-0.2, 0) is 14.3 Å². The fourth-order valence-corrected chi connectivity index (χ4v) is 12.1. The lowest BCUT2D eigenvalue weighted by molar-refractivity contribution is -0.303. The van der Waals surface area contributed by atoms with Crippen LogP contribution in [0, 0.1) is 0 Å². The summed E-state index contributed by atoms with van der Waals surface area (Å²) in [5.74, 6) is -0.693. The first-order chi connectivity index (χ1) is 41.2. The van der Waals surface area contributed by atoms with Crippen LogP contribution < -0.4 is 5.32 Å². The second-order valence-electron chi connectivity index (χ2n) is 26.0. The molecule has 8 N–H and O–H groups in total. The SMILES string of the molecule is CCCCCCCCCCC/C=C\C/C=C\CCCCCCCCCCCCC(O)C(=O)NC(COC1OC(CO)C(O)C(O)C1O)C(O)C(O)CCCCCCCCCCCCCCCCCCCCCCCCCCCCCCCCC. The van der Waals surface area contributed by atoms with Crippen molar-refractivity contribution in [2.75, 3.05) is 13.2 Å². The van der Waals surface area contributed by atoms with E-state index in [0.29, 0.717) is 19.3 Å². The average Bonchev–Trinajstić information content (AvgIpc) is 3.66. The minimum absolute atomic E-state index is 0.258. The number of aliphatic hydroxyl groups is 7. The molecule has 0 aromatic carbocycles. The Balaban J connectivity index is 2.18. The highest BCUT2D eigenvalue weighted by Gasteiger charge is 2.44. The summed E-state index contributed by atoms with van der Waals surface area (Å²) in [6.45, 7) is 3.52. The molecular weight excluding hydrogens is 1050 g/mol. The van der Waals surface area contributed by atoms with Gasteiger partial charge in [-0.15, -0.1) is 0 Å². The largest absolute Gasteiger partial charge is 0.394 e. The third-order valence-electron chi connectivity index (χ3n) is 18.0. The first-order valence-electron chi connectivity index (χ1n) is 36.7. The van der Waals surface area contributed by atoms with Gasteiger partial charge in [0.05, 0.1) is 25.4 Å². The molecule has 1 fully saturated rings. The maximum Gasteiger partial charge on any atom is 0.249 e. The van der Waals surface area contributed by atoms with Crippen LogP contribution >= 0.6 is 0 Å². The second-order valence-corrected chi connectivity index (χ2v) is 26.0. The smallest absolute Gasteiger partial charge is 0.249 e. The zero-order chi connectivity index (χ0) is 61.0. The molecule has 11 heteroatoms. The van der Waals surface area contributed by atoms with Crippen molar-refractivity contribution in [3.8, 4) is 0 Å². The van der Waals surface area contributed by atoms with Crippen molar-refractivity contribution in [1.82, 2.24) is 5.32 Å². The van der Waals surface area contributed by atoms with Crippen LogP contribution in [0.15, 0.2) is 24.3 Å². The van der Waals surface area contributed by atoms with E-state index in [1.54, 1.807) is 0 Å². The maximum atomic E-state index is 13.3. The second kappa shape index (κ2) is 61.8. The molecule has 11 nitrogen and oxygen atoms in total. The summed E-state index contributed by atoms with van der Waals surface area (Å²) in [6.07, 6.45) is 66.9. The average molecular weight is 1190 g/mol. The number of hydrogen-bond donors (Lipinski definition) is 8. The third kappa shape index (κ3) is 48.5. The van der Waals surface area contributed by atoms with E-state index in [0.717, 1.165) is 51.4 Å². The maximum absolute atomic E-state index is 13.3. The minimum Gasteiger partial charge on any atom is -0.394 e. The molecular formula is C73H141NO10. The summed E-state index contributed by atoms with van der Waals surface area (Å²) in [6, 6.07) is -1.17. The van der Waals surface area contributed by atoms with Crippen molar-refractivity contribution < 1.29 is 50.0 Å². The molecule has 84 heavy (non-hydrogen) atoms. The number of amides is 1. The highest BCUT2D eigenvalue weighted by atomic mass is 16.7. The summed E-state index contributed by atoms with van der Waals surface area (Å²) in [5, 5.41) is 76.6. The first kappa shape index (κ1) is 80.6. The Bertz CT molecular complexity index is 1420. The normalized spacial score (nSPS) is 19.0. The molecule has 1 saturated heterocycles. The number of hydrogen-bond acceptors (Lipinski definition) is 10. The van der Waals surface area contributed by atoms with Gasteiger partial charge in [-0.3, -0.25) is 4.79 Å².